The Kier molecular flexibility index (Phi) is 9.86. The number of ether oxygens (including phenoxy) is 2. The van der Waals surface area contributed by atoms with E-state index >= 15 is 0 Å². The summed E-state index contributed by atoms with van der Waals surface area (Å²) in [5.41, 5.74) is 3.46. The number of benzene rings is 2. The van der Waals surface area contributed by atoms with E-state index in [0.717, 1.165) is 31.5 Å². The fourth-order valence-electron chi connectivity index (χ4n) is 6.49. The minimum Gasteiger partial charge on any atom is -0.496 e. The van der Waals surface area contributed by atoms with Crippen molar-refractivity contribution in [3.63, 3.8) is 0 Å². The number of aromatic amines is 1. The van der Waals surface area contributed by atoms with Crippen LogP contribution in [-0.2, 0) is 21.3 Å². The van der Waals surface area contributed by atoms with Gasteiger partial charge < -0.3 is 19.4 Å². The number of para-hydroxylation sites is 1. The Bertz CT molecular complexity index is 2000. The molecule has 1 aliphatic carbocycles. The number of sulfonamides is 1. The van der Waals surface area contributed by atoms with Crippen molar-refractivity contribution in [1.82, 2.24) is 29.6 Å². The highest BCUT2D eigenvalue weighted by atomic mass is 35.5. The summed E-state index contributed by atoms with van der Waals surface area (Å²) in [6.45, 7) is 4.56. The van der Waals surface area contributed by atoms with Crippen molar-refractivity contribution >= 4 is 43.9 Å². The number of ketones is 1. The topological polar surface area (TPSA) is 131 Å². The molecule has 1 fully saturated rings. The van der Waals surface area contributed by atoms with Crippen LogP contribution in [0.25, 0.3) is 27.7 Å². The number of likely N-dealkylation sites (tertiary alicyclic amines) is 1. The molecule has 0 bridgehead atoms. The zero-order valence-corrected chi connectivity index (χ0v) is 28.6. The first-order valence-corrected chi connectivity index (χ1v) is 17.6. The number of fused-ring (bicyclic) bond motifs is 1. The number of piperidine rings is 1. The van der Waals surface area contributed by atoms with Gasteiger partial charge in [-0.25, -0.2) is 17.5 Å². The lowest BCUT2D eigenvalue weighted by molar-refractivity contribution is 0.101. The molecule has 1 saturated heterocycles. The van der Waals surface area contributed by atoms with Crippen LogP contribution in [0, 0.1) is 11.7 Å². The Morgan fingerprint density at radius 1 is 1.17 bits per heavy atom. The van der Waals surface area contributed by atoms with Crippen molar-refractivity contribution in [3.8, 4) is 17.0 Å². The number of hydrogen-bond donors (Lipinski definition) is 2. The number of carbonyl (C=O) groups is 1. The zero-order valence-electron chi connectivity index (χ0n) is 27.0. The number of Topliss-reactive ketones (excluding diaryl/α,β-unsaturated/α-hetero) is 1. The van der Waals surface area contributed by atoms with Crippen molar-refractivity contribution in [2.24, 2.45) is 5.92 Å². The minimum absolute atomic E-state index is 0.0348. The van der Waals surface area contributed by atoms with E-state index in [4.69, 9.17) is 21.1 Å². The van der Waals surface area contributed by atoms with Gasteiger partial charge in [0.1, 0.15) is 17.3 Å². The van der Waals surface area contributed by atoms with E-state index in [9.17, 15) is 17.6 Å². The Hall–Kier alpha value is -3.88. The van der Waals surface area contributed by atoms with Crippen molar-refractivity contribution in [1.29, 1.82) is 0 Å². The van der Waals surface area contributed by atoms with E-state index in [-0.39, 0.29) is 23.7 Å². The second-order valence-corrected chi connectivity index (χ2v) is 14.6. The third-order valence-electron chi connectivity index (χ3n) is 9.09. The molecule has 2 aromatic carbocycles. The summed E-state index contributed by atoms with van der Waals surface area (Å²) < 4.78 is 56.2. The molecular formula is C34H38ClFN6O5S. The molecule has 11 nitrogen and oxygen atoms in total. The number of carbonyl (C=O) groups excluding carboxylic acids is 1. The fourth-order valence-corrected chi connectivity index (χ4v) is 8.06. The highest BCUT2D eigenvalue weighted by Crippen LogP contribution is 2.45. The molecule has 48 heavy (non-hydrogen) atoms. The van der Waals surface area contributed by atoms with E-state index in [2.05, 4.69) is 24.9 Å². The van der Waals surface area contributed by atoms with E-state index in [1.54, 1.807) is 36.2 Å². The highest BCUT2D eigenvalue weighted by molar-refractivity contribution is 7.93. The molecule has 4 aromatic rings. The van der Waals surface area contributed by atoms with Gasteiger partial charge in [-0.05, 0) is 62.2 Å². The van der Waals surface area contributed by atoms with Gasteiger partial charge >= 0.3 is 0 Å². The molecule has 3 heterocycles. The van der Waals surface area contributed by atoms with Crippen LogP contribution in [0.15, 0.2) is 65.7 Å². The summed E-state index contributed by atoms with van der Waals surface area (Å²) in [6.07, 6.45) is 6.83. The number of allylic oxidation sites excluding steroid dienone is 2. The van der Waals surface area contributed by atoms with Gasteiger partial charge in [0.25, 0.3) is 0 Å². The predicted molar refractivity (Wildman–Crippen MR) is 183 cm³/mol. The van der Waals surface area contributed by atoms with Crippen LogP contribution in [0.5, 0.6) is 5.75 Å². The number of nitrogens with one attached hydrogen (secondary N) is 2. The molecule has 1 unspecified atom stereocenters. The van der Waals surface area contributed by atoms with Crippen LogP contribution < -0.4 is 9.46 Å². The van der Waals surface area contributed by atoms with Gasteiger partial charge in [0.15, 0.2) is 10.8 Å². The van der Waals surface area contributed by atoms with E-state index < -0.39 is 20.9 Å². The fraction of sp³-hybridized carbons (Fsp3) is 0.382. The number of rotatable bonds is 12. The van der Waals surface area contributed by atoms with Crippen LogP contribution in [0.2, 0.25) is 0 Å². The van der Waals surface area contributed by atoms with Gasteiger partial charge in [0, 0.05) is 67.7 Å². The minimum atomic E-state index is -3.80. The molecule has 14 heteroatoms. The van der Waals surface area contributed by atoms with Crippen LogP contribution in [0.3, 0.4) is 0 Å². The predicted octanol–water partition coefficient (Wildman–Crippen LogP) is 5.36. The maximum Gasteiger partial charge on any atom is 0.236 e. The molecule has 0 saturated carbocycles. The summed E-state index contributed by atoms with van der Waals surface area (Å²) in [7, 11) is -0.769. The maximum atomic E-state index is 14.0. The van der Waals surface area contributed by atoms with E-state index in [1.165, 1.54) is 26.2 Å². The molecule has 0 amide bonds. The average molecular weight is 697 g/mol. The largest absolute Gasteiger partial charge is 0.496 e. The Labute approximate surface area is 283 Å². The molecule has 0 spiro atoms. The lowest BCUT2D eigenvalue weighted by Gasteiger charge is -2.33. The first-order chi connectivity index (χ1) is 23.0. The number of aromatic nitrogens is 4. The van der Waals surface area contributed by atoms with E-state index in [0.29, 0.717) is 58.2 Å². The number of alkyl halides is 1. The standard InChI is InChI=1S/C34H38ClFN6O5S/c1-22(43)33-32(27-18-24(36)8-11-29(27)38-33)30-21-42(40-39-30)20-23-12-15-41(16-13-23)17-14-37-48(44,45)25-9-10-28(34(35,19-25)47-3)26-6-4-5-7-31(26)46-2/h4-11,18,21,23,37-38H,12-17,19-20H2,1-3H3. The Morgan fingerprint density at radius 3 is 2.67 bits per heavy atom. The van der Waals surface area contributed by atoms with Crippen molar-refractivity contribution < 1.29 is 27.1 Å². The number of methoxy groups -OCH3 is 2. The molecule has 2 aromatic heterocycles. The molecule has 0 radical (unpaired) electrons. The van der Waals surface area contributed by atoms with Crippen molar-refractivity contribution in [3.05, 3.63) is 82.8 Å². The molecule has 2 aliphatic rings. The SMILES string of the molecule is COc1ccccc1C1=CC=C(S(=O)(=O)NCCN2CCC(Cn3cc(-c4c(C(C)=O)[nH]c5ccc(F)cc45)nn3)CC2)CC1(Cl)OC. The first-order valence-electron chi connectivity index (χ1n) is 15.7. The van der Waals surface area contributed by atoms with Gasteiger partial charge in [-0.1, -0.05) is 41.1 Å². The Morgan fingerprint density at radius 2 is 1.94 bits per heavy atom. The summed E-state index contributed by atoms with van der Waals surface area (Å²) >= 11 is 6.87. The van der Waals surface area contributed by atoms with Crippen LogP contribution in [-0.4, -0.2) is 84.5 Å². The van der Waals surface area contributed by atoms with Crippen LogP contribution in [0.1, 0.15) is 42.2 Å². The van der Waals surface area contributed by atoms with Crippen LogP contribution >= 0.6 is 11.6 Å². The lowest BCUT2D eigenvalue weighted by atomic mass is 9.93. The number of H-pyrrole nitrogens is 1. The second-order valence-electron chi connectivity index (χ2n) is 12.2. The third kappa shape index (κ3) is 6.96. The van der Waals surface area contributed by atoms with Gasteiger partial charge in [-0.3, -0.25) is 9.48 Å². The molecule has 254 valence electrons. The molecule has 6 rings (SSSR count). The highest BCUT2D eigenvalue weighted by Gasteiger charge is 2.40. The second kappa shape index (κ2) is 13.9. The summed E-state index contributed by atoms with van der Waals surface area (Å²) in [4.78, 5) is 17.8. The van der Waals surface area contributed by atoms with E-state index in [1.807, 2.05) is 24.3 Å². The lowest BCUT2D eigenvalue weighted by Crippen LogP contribution is -2.41. The molecule has 1 aliphatic heterocycles. The molecular weight excluding hydrogens is 659 g/mol. The van der Waals surface area contributed by atoms with Gasteiger partial charge in [0.2, 0.25) is 10.0 Å². The summed E-state index contributed by atoms with van der Waals surface area (Å²) in [5.74, 6) is 0.404. The number of nitrogens with zero attached hydrogens (tertiary/aromatic N) is 4. The average Bonchev–Trinajstić information content (AvgIpc) is 3.69. The quantitative estimate of drug-likeness (QED) is 0.150. The zero-order chi connectivity index (χ0) is 34.1. The van der Waals surface area contributed by atoms with Crippen LogP contribution in [0.4, 0.5) is 4.39 Å². The third-order valence-corrected chi connectivity index (χ3v) is 11.1. The smallest absolute Gasteiger partial charge is 0.236 e. The van der Waals surface area contributed by atoms with Crippen molar-refractivity contribution in [2.75, 3.05) is 40.4 Å². The summed E-state index contributed by atoms with van der Waals surface area (Å²) in [6, 6.07) is 11.7. The molecule has 2 N–H and O–H groups in total. The Balaban J connectivity index is 1.03. The number of halogens is 2. The normalized spacial score (nSPS) is 19.4. The monoisotopic (exact) mass is 696 g/mol. The first kappa shape index (κ1) is 34.0. The maximum absolute atomic E-state index is 14.0. The molecule has 1 atom stereocenters. The van der Waals surface area contributed by atoms with Gasteiger partial charge in [-0.2, -0.15) is 0 Å². The van der Waals surface area contributed by atoms with Crippen molar-refractivity contribution in [2.45, 2.75) is 37.8 Å². The summed E-state index contributed by atoms with van der Waals surface area (Å²) in [5, 5.41) is 7.84. The van der Waals surface area contributed by atoms with Gasteiger partial charge in [-0.15, -0.1) is 5.10 Å². The number of hydrogen-bond acceptors (Lipinski definition) is 8. The van der Waals surface area contributed by atoms with Gasteiger partial charge in [0.05, 0.1) is 23.9 Å².